The number of nitrogens with zero attached hydrogens (tertiary/aromatic N) is 2. The summed E-state index contributed by atoms with van der Waals surface area (Å²) in [6, 6.07) is 15.7. The molecule has 2 aromatic rings. The Hall–Kier alpha value is -2.32. The summed E-state index contributed by atoms with van der Waals surface area (Å²) in [6.07, 6.45) is 1.77. The number of carbonyl (C=O) groups is 1. The zero-order valence-corrected chi connectivity index (χ0v) is 17.1. The normalized spacial score (nSPS) is 18.0. The van der Waals surface area contributed by atoms with E-state index in [0.29, 0.717) is 17.3 Å². The number of carbonyl (C=O) groups excluding carboxylic acids is 1. The van der Waals surface area contributed by atoms with Crippen molar-refractivity contribution in [1.82, 2.24) is 5.32 Å². The van der Waals surface area contributed by atoms with Crippen LogP contribution < -0.4 is 10.2 Å². The van der Waals surface area contributed by atoms with Crippen LogP contribution in [0.4, 0.5) is 5.69 Å². The molecule has 6 nitrogen and oxygen atoms in total. The van der Waals surface area contributed by atoms with Gasteiger partial charge in [0.05, 0.1) is 11.4 Å². The predicted octanol–water partition coefficient (Wildman–Crippen LogP) is 3.05. The summed E-state index contributed by atoms with van der Waals surface area (Å²) in [5.41, 5.74) is 2.73. The number of hydrogen-bond acceptors (Lipinski definition) is 5. The van der Waals surface area contributed by atoms with E-state index in [1.54, 1.807) is 6.07 Å². The summed E-state index contributed by atoms with van der Waals surface area (Å²) in [6.45, 7) is 2.39. The Labute approximate surface area is 169 Å². The molecule has 1 atom stereocenters. The molecule has 1 amide bonds. The topological polar surface area (TPSA) is 78.8 Å². The average Bonchev–Trinajstić information content (AvgIpc) is 3.02. The standard InChI is InChI=1S/C20H21N3O3S2/c1-14(7-8-15-5-3-2-4-6-15)21-19(24)16-9-10-17-18(13-16)27-20-22-28(25,26)12-11-23(17)20/h2-6,9-10,13-14H,7-8,11-12H2,1H3,(H,21,24). The van der Waals surface area contributed by atoms with Gasteiger partial charge in [-0.15, -0.1) is 4.40 Å². The van der Waals surface area contributed by atoms with E-state index in [2.05, 4.69) is 21.8 Å². The van der Waals surface area contributed by atoms with Crippen LogP contribution in [0.15, 0.2) is 57.8 Å². The minimum atomic E-state index is -3.38. The lowest BCUT2D eigenvalue weighted by molar-refractivity contribution is 0.0938. The highest BCUT2D eigenvalue weighted by molar-refractivity contribution is 8.15. The van der Waals surface area contributed by atoms with Crippen LogP contribution in [-0.2, 0) is 16.4 Å². The van der Waals surface area contributed by atoms with Crippen molar-refractivity contribution in [2.45, 2.75) is 30.7 Å². The zero-order valence-electron chi connectivity index (χ0n) is 15.5. The molecule has 0 aliphatic carbocycles. The van der Waals surface area contributed by atoms with E-state index < -0.39 is 10.0 Å². The molecule has 146 valence electrons. The van der Waals surface area contributed by atoms with Gasteiger partial charge in [-0.1, -0.05) is 30.3 Å². The average molecular weight is 416 g/mol. The van der Waals surface area contributed by atoms with Gasteiger partial charge in [-0.05, 0) is 55.3 Å². The first kappa shape index (κ1) is 19.0. The lowest BCUT2D eigenvalue weighted by atomic mass is 10.1. The van der Waals surface area contributed by atoms with Gasteiger partial charge in [-0.25, -0.2) is 8.42 Å². The van der Waals surface area contributed by atoms with Crippen molar-refractivity contribution in [1.29, 1.82) is 0 Å². The van der Waals surface area contributed by atoms with Crippen molar-refractivity contribution < 1.29 is 13.2 Å². The third-order valence-electron chi connectivity index (χ3n) is 4.82. The second kappa shape index (κ2) is 7.60. The summed E-state index contributed by atoms with van der Waals surface area (Å²) >= 11 is 1.30. The second-order valence-corrected chi connectivity index (χ2v) is 9.76. The van der Waals surface area contributed by atoms with E-state index in [1.165, 1.54) is 17.3 Å². The number of benzene rings is 2. The molecule has 8 heteroatoms. The molecule has 2 aliphatic heterocycles. The molecule has 0 fully saturated rings. The third kappa shape index (κ3) is 4.07. The van der Waals surface area contributed by atoms with Gasteiger partial charge in [0.1, 0.15) is 0 Å². The number of thioether (sulfide) groups is 1. The lowest BCUT2D eigenvalue weighted by Crippen LogP contribution is -2.35. The third-order valence-corrected chi connectivity index (χ3v) is 7.13. The van der Waals surface area contributed by atoms with Gasteiger partial charge in [0, 0.05) is 23.0 Å². The van der Waals surface area contributed by atoms with E-state index in [0.717, 1.165) is 23.4 Å². The van der Waals surface area contributed by atoms with Crippen molar-refractivity contribution in [3.63, 3.8) is 0 Å². The van der Waals surface area contributed by atoms with Gasteiger partial charge < -0.3 is 10.2 Å². The Kier molecular flexibility index (Phi) is 5.16. The van der Waals surface area contributed by atoms with Crippen LogP contribution in [0.25, 0.3) is 0 Å². The summed E-state index contributed by atoms with van der Waals surface area (Å²) < 4.78 is 27.3. The first-order chi connectivity index (χ1) is 13.4. The Bertz CT molecular complexity index is 1040. The van der Waals surface area contributed by atoms with Gasteiger partial charge in [-0.2, -0.15) is 0 Å². The lowest BCUT2D eigenvalue weighted by Gasteiger charge is -2.22. The monoisotopic (exact) mass is 415 g/mol. The molecule has 0 saturated heterocycles. The summed E-state index contributed by atoms with van der Waals surface area (Å²) in [7, 11) is -3.38. The van der Waals surface area contributed by atoms with Gasteiger partial charge in [0.2, 0.25) is 0 Å². The largest absolute Gasteiger partial charge is 0.350 e. The van der Waals surface area contributed by atoms with Crippen LogP contribution in [0.5, 0.6) is 0 Å². The van der Waals surface area contributed by atoms with Gasteiger partial charge in [0.15, 0.2) is 5.17 Å². The number of amides is 1. The maximum atomic E-state index is 12.6. The number of anilines is 1. The molecule has 1 N–H and O–H groups in total. The van der Waals surface area contributed by atoms with Crippen LogP contribution in [0.1, 0.15) is 29.3 Å². The Morgan fingerprint density at radius 1 is 1.25 bits per heavy atom. The number of sulfonamides is 1. The number of hydrogen-bond donors (Lipinski definition) is 1. The van der Waals surface area contributed by atoms with Crippen molar-refractivity contribution in [2.75, 3.05) is 17.2 Å². The number of amidine groups is 1. The van der Waals surface area contributed by atoms with Gasteiger partial charge in [0.25, 0.3) is 15.9 Å². The molecule has 0 radical (unpaired) electrons. The van der Waals surface area contributed by atoms with Crippen LogP contribution >= 0.6 is 11.8 Å². The quantitative estimate of drug-likeness (QED) is 0.812. The molecule has 4 rings (SSSR count). The van der Waals surface area contributed by atoms with E-state index in [9.17, 15) is 13.2 Å². The first-order valence-corrected chi connectivity index (χ1v) is 11.6. The molecule has 2 aromatic carbocycles. The fourth-order valence-corrected chi connectivity index (χ4v) is 5.58. The summed E-state index contributed by atoms with van der Waals surface area (Å²) in [5.74, 6) is -0.110. The molecule has 0 saturated carbocycles. The maximum absolute atomic E-state index is 12.6. The first-order valence-electron chi connectivity index (χ1n) is 9.18. The number of nitrogens with one attached hydrogen (secondary N) is 1. The molecule has 0 spiro atoms. The Balaban J connectivity index is 1.41. The van der Waals surface area contributed by atoms with Crippen molar-refractivity contribution in [2.24, 2.45) is 4.40 Å². The molecule has 0 bridgehead atoms. The van der Waals surface area contributed by atoms with Crippen LogP contribution in [0.2, 0.25) is 0 Å². The van der Waals surface area contributed by atoms with E-state index >= 15 is 0 Å². The smallest absolute Gasteiger partial charge is 0.257 e. The summed E-state index contributed by atoms with van der Waals surface area (Å²) in [4.78, 5) is 15.4. The predicted molar refractivity (Wildman–Crippen MR) is 113 cm³/mol. The molecular formula is C20H21N3O3S2. The fourth-order valence-electron chi connectivity index (χ4n) is 3.28. The summed E-state index contributed by atoms with van der Waals surface area (Å²) in [5, 5.41) is 3.51. The van der Waals surface area contributed by atoms with Crippen molar-refractivity contribution >= 4 is 38.5 Å². The highest BCUT2D eigenvalue weighted by Crippen LogP contribution is 2.42. The number of fused-ring (bicyclic) bond motifs is 3. The van der Waals surface area contributed by atoms with Crippen LogP contribution in [-0.4, -0.2) is 37.8 Å². The van der Waals surface area contributed by atoms with E-state index in [-0.39, 0.29) is 17.7 Å². The van der Waals surface area contributed by atoms with E-state index in [1.807, 2.05) is 42.2 Å². The molecule has 2 aliphatic rings. The molecular weight excluding hydrogens is 394 g/mol. The SMILES string of the molecule is CC(CCc1ccccc1)NC(=O)c1ccc2c(c1)SC1=NS(=O)(=O)CCN12. The Morgan fingerprint density at radius 2 is 2.04 bits per heavy atom. The van der Waals surface area contributed by atoms with Crippen molar-refractivity contribution in [3.05, 3.63) is 59.7 Å². The highest BCUT2D eigenvalue weighted by Gasteiger charge is 2.33. The van der Waals surface area contributed by atoms with Crippen LogP contribution in [0, 0.1) is 0 Å². The van der Waals surface area contributed by atoms with Crippen LogP contribution in [0.3, 0.4) is 0 Å². The highest BCUT2D eigenvalue weighted by atomic mass is 32.2. The maximum Gasteiger partial charge on any atom is 0.257 e. The van der Waals surface area contributed by atoms with Gasteiger partial charge >= 0.3 is 0 Å². The molecule has 1 unspecified atom stereocenters. The number of rotatable bonds is 5. The molecule has 2 heterocycles. The molecule has 0 aromatic heterocycles. The fraction of sp³-hybridized carbons (Fsp3) is 0.300. The minimum absolute atomic E-state index is 0.0116. The minimum Gasteiger partial charge on any atom is -0.350 e. The Morgan fingerprint density at radius 3 is 2.82 bits per heavy atom. The van der Waals surface area contributed by atoms with Gasteiger partial charge in [-0.3, -0.25) is 4.79 Å². The zero-order chi connectivity index (χ0) is 19.7. The van der Waals surface area contributed by atoms with Crippen molar-refractivity contribution in [3.8, 4) is 0 Å². The second-order valence-electron chi connectivity index (χ2n) is 6.99. The number of aryl methyl sites for hydroxylation is 1. The van der Waals surface area contributed by atoms with E-state index in [4.69, 9.17) is 0 Å². The molecule has 28 heavy (non-hydrogen) atoms.